The molecule has 0 atom stereocenters. The monoisotopic (exact) mass is 255 g/mol. The number of hydrogen-bond donors (Lipinski definition) is 1. The second-order valence-corrected chi connectivity index (χ2v) is 6.20. The summed E-state index contributed by atoms with van der Waals surface area (Å²) in [4.78, 5) is 12.3. The summed E-state index contributed by atoms with van der Waals surface area (Å²) in [5.74, 6) is 2.28. The van der Waals surface area contributed by atoms with E-state index in [-0.39, 0.29) is 0 Å². The first-order chi connectivity index (χ1) is 7.70. The van der Waals surface area contributed by atoms with E-state index < -0.39 is 6.09 Å². The molecule has 1 aromatic carbocycles. The van der Waals surface area contributed by atoms with Gasteiger partial charge in [-0.2, -0.15) is 0 Å². The zero-order valence-corrected chi connectivity index (χ0v) is 10.6. The van der Waals surface area contributed by atoms with Crippen LogP contribution in [-0.2, 0) is 0 Å². The standard InChI is InChI=1S/C11H13NO2S2/c1-12(11(13)14)9-5-3-2-4-8(9)10-15-6-7-16-10/h2-5,10H,6-7H2,1H3,(H,13,14). The molecule has 0 bridgehead atoms. The maximum Gasteiger partial charge on any atom is 0.411 e. The van der Waals surface area contributed by atoms with Crippen LogP contribution in [0.3, 0.4) is 0 Å². The highest BCUT2D eigenvalue weighted by molar-refractivity contribution is 8.19. The van der Waals surface area contributed by atoms with Crippen LogP contribution in [0.25, 0.3) is 0 Å². The molecule has 1 heterocycles. The highest BCUT2D eigenvalue weighted by Crippen LogP contribution is 2.47. The van der Waals surface area contributed by atoms with Crippen molar-refractivity contribution in [2.75, 3.05) is 23.5 Å². The molecule has 1 fully saturated rings. The van der Waals surface area contributed by atoms with Crippen molar-refractivity contribution >= 4 is 35.3 Å². The molecule has 16 heavy (non-hydrogen) atoms. The summed E-state index contributed by atoms with van der Waals surface area (Å²) in [7, 11) is 1.59. The van der Waals surface area contributed by atoms with Crippen molar-refractivity contribution in [3.05, 3.63) is 29.8 Å². The topological polar surface area (TPSA) is 40.5 Å². The number of nitrogens with zero attached hydrogens (tertiary/aromatic N) is 1. The van der Waals surface area contributed by atoms with Crippen LogP contribution < -0.4 is 4.90 Å². The largest absolute Gasteiger partial charge is 0.465 e. The molecule has 1 aliphatic heterocycles. The first-order valence-electron chi connectivity index (χ1n) is 4.99. The van der Waals surface area contributed by atoms with Crippen molar-refractivity contribution in [1.29, 1.82) is 0 Å². The zero-order chi connectivity index (χ0) is 11.5. The van der Waals surface area contributed by atoms with Gasteiger partial charge in [-0.15, -0.1) is 23.5 Å². The summed E-state index contributed by atoms with van der Waals surface area (Å²) in [6.45, 7) is 0. The number of benzene rings is 1. The minimum atomic E-state index is -0.916. The first-order valence-corrected chi connectivity index (χ1v) is 7.08. The number of amides is 1. The SMILES string of the molecule is CN(C(=O)O)c1ccccc1C1SCCS1. The van der Waals surface area contributed by atoms with Crippen LogP contribution in [0.5, 0.6) is 0 Å². The summed E-state index contributed by atoms with van der Waals surface area (Å²) in [5, 5.41) is 9.02. The van der Waals surface area contributed by atoms with Gasteiger partial charge in [-0.25, -0.2) is 4.79 Å². The van der Waals surface area contributed by atoms with E-state index in [1.54, 1.807) is 7.05 Å². The number of para-hydroxylation sites is 1. The van der Waals surface area contributed by atoms with Crippen LogP contribution in [0.4, 0.5) is 10.5 Å². The van der Waals surface area contributed by atoms with E-state index in [0.29, 0.717) is 4.58 Å². The van der Waals surface area contributed by atoms with Gasteiger partial charge in [0.25, 0.3) is 0 Å². The molecule has 5 heteroatoms. The number of carboxylic acid groups (broad SMARTS) is 1. The van der Waals surface area contributed by atoms with Crippen molar-refractivity contribution in [3.63, 3.8) is 0 Å². The van der Waals surface area contributed by atoms with Gasteiger partial charge in [0.15, 0.2) is 0 Å². The second-order valence-electron chi connectivity index (χ2n) is 3.47. The molecule has 1 N–H and O–H groups in total. The predicted molar refractivity (Wildman–Crippen MR) is 70.5 cm³/mol. The Morgan fingerprint density at radius 3 is 2.62 bits per heavy atom. The molecule has 0 aliphatic carbocycles. The Hall–Kier alpha value is -0.810. The Bertz CT molecular complexity index is 391. The summed E-state index contributed by atoms with van der Waals surface area (Å²) in [6, 6.07) is 7.73. The molecular weight excluding hydrogens is 242 g/mol. The number of rotatable bonds is 2. The maximum atomic E-state index is 11.0. The molecular formula is C11H13NO2S2. The minimum Gasteiger partial charge on any atom is -0.465 e. The van der Waals surface area contributed by atoms with E-state index in [0.717, 1.165) is 22.8 Å². The lowest BCUT2D eigenvalue weighted by Gasteiger charge is -2.20. The molecule has 3 nitrogen and oxygen atoms in total. The van der Waals surface area contributed by atoms with Crippen LogP contribution in [0, 0.1) is 0 Å². The fraction of sp³-hybridized carbons (Fsp3) is 0.364. The van der Waals surface area contributed by atoms with Crippen molar-refractivity contribution in [1.82, 2.24) is 0 Å². The summed E-state index contributed by atoms with van der Waals surface area (Å²) < 4.78 is 0.373. The third kappa shape index (κ3) is 2.30. The van der Waals surface area contributed by atoms with E-state index in [9.17, 15) is 4.79 Å². The molecule has 1 saturated heterocycles. The van der Waals surface area contributed by atoms with Gasteiger partial charge >= 0.3 is 6.09 Å². The fourth-order valence-electron chi connectivity index (χ4n) is 1.63. The number of hydrogen-bond acceptors (Lipinski definition) is 3. The average molecular weight is 255 g/mol. The average Bonchev–Trinajstić information content (AvgIpc) is 2.81. The van der Waals surface area contributed by atoms with Crippen LogP contribution in [0.15, 0.2) is 24.3 Å². The third-order valence-corrected chi connectivity index (χ3v) is 5.53. The van der Waals surface area contributed by atoms with Crippen LogP contribution >= 0.6 is 23.5 Å². The molecule has 0 spiro atoms. The molecule has 0 aromatic heterocycles. The number of anilines is 1. The van der Waals surface area contributed by atoms with Crippen LogP contribution in [0.2, 0.25) is 0 Å². The number of thioether (sulfide) groups is 2. The van der Waals surface area contributed by atoms with Gasteiger partial charge < -0.3 is 5.11 Å². The fourth-order valence-corrected chi connectivity index (χ4v) is 4.55. The zero-order valence-electron chi connectivity index (χ0n) is 8.92. The molecule has 0 radical (unpaired) electrons. The first kappa shape index (κ1) is 11.7. The van der Waals surface area contributed by atoms with Crippen LogP contribution in [-0.4, -0.2) is 29.8 Å². The van der Waals surface area contributed by atoms with E-state index in [1.165, 1.54) is 4.90 Å². The van der Waals surface area contributed by atoms with Gasteiger partial charge in [0, 0.05) is 18.6 Å². The maximum absolute atomic E-state index is 11.0. The third-order valence-electron chi connectivity index (χ3n) is 2.46. The Labute approximate surface area is 103 Å². The van der Waals surface area contributed by atoms with Crippen molar-refractivity contribution in [2.45, 2.75) is 4.58 Å². The van der Waals surface area contributed by atoms with E-state index in [1.807, 2.05) is 47.8 Å². The van der Waals surface area contributed by atoms with E-state index in [2.05, 4.69) is 0 Å². The normalized spacial score (nSPS) is 16.3. The van der Waals surface area contributed by atoms with Crippen LogP contribution in [0.1, 0.15) is 10.1 Å². The van der Waals surface area contributed by atoms with Gasteiger partial charge in [0.2, 0.25) is 0 Å². The summed E-state index contributed by atoms with van der Waals surface area (Å²) in [6.07, 6.45) is -0.916. The number of carbonyl (C=O) groups is 1. The quantitative estimate of drug-likeness (QED) is 0.880. The van der Waals surface area contributed by atoms with Gasteiger partial charge in [0.05, 0.1) is 10.3 Å². The Morgan fingerprint density at radius 2 is 2.00 bits per heavy atom. The lowest BCUT2D eigenvalue weighted by molar-refractivity contribution is 0.203. The summed E-state index contributed by atoms with van der Waals surface area (Å²) >= 11 is 3.76. The second kappa shape index (κ2) is 5.01. The van der Waals surface area contributed by atoms with Gasteiger partial charge in [-0.3, -0.25) is 4.90 Å². The van der Waals surface area contributed by atoms with Gasteiger partial charge in [-0.05, 0) is 11.6 Å². The molecule has 0 unspecified atom stereocenters. The molecule has 1 aliphatic rings. The molecule has 2 rings (SSSR count). The van der Waals surface area contributed by atoms with Crippen molar-refractivity contribution < 1.29 is 9.90 Å². The highest BCUT2D eigenvalue weighted by Gasteiger charge is 2.23. The summed E-state index contributed by atoms with van der Waals surface area (Å²) in [5.41, 5.74) is 1.90. The van der Waals surface area contributed by atoms with E-state index in [4.69, 9.17) is 5.11 Å². The lowest BCUT2D eigenvalue weighted by atomic mass is 10.2. The molecule has 1 amide bonds. The molecule has 1 aromatic rings. The highest BCUT2D eigenvalue weighted by atomic mass is 32.2. The lowest BCUT2D eigenvalue weighted by Crippen LogP contribution is -2.24. The van der Waals surface area contributed by atoms with Crippen molar-refractivity contribution in [2.24, 2.45) is 0 Å². The molecule has 86 valence electrons. The van der Waals surface area contributed by atoms with Crippen molar-refractivity contribution in [3.8, 4) is 0 Å². The Balaban J connectivity index is 2.33. The smallest absolute Gasteiger partial charge is 0.411 e. The van der Waals surface area contributed by atoms with Gasteiger partial charge in [-0.1, -0.05) is 18.2 Å². The van der Waals surface area contributed by atoms with E-state index >= 15 is 0 Å². The molecule has 0 saturated carbocycles. The Morgan fingerprint density at radius 1 is 1.38 bits per heavy atom. The van der Waals surface area contributed by atoms with Gasteiger partial charge in [0.1, 0.15) is 0 Å². The predicted octanol–water partition coefficient (Wildman–Crippen LogP) is 3.28. The Kier molecular flexibility index (Phi) is 3.66. The minimum absolute atomic E-state index is 0.373.